The third-order valence-electron chi connectivity index (χ3n) is 5.13. The number of nitrogens with zero attached hydrogens (tertiary/aromatic N) is 4. The predicted molar refractivity (Wildman–Crippen MR) is 122 cm³/mol. The zero-order valence-electron chi connectivity index (χ0n) is 19.1. The van der Waals surface area contributed by atoms with Crippen molar-refractivity contribution in [2.24, 2.45) is 7.05 Å². The third-order valence-corrected chi connectivity index (χ3v) is 5.13. The molecule has 0 bridgehead atoms. The molecule has 0 spiro atoms. The highest BCUT2D eigenvalue weighted by molar-refractivity contribution is 5.80. The van der Waals surface area contributed by atoms with E-state index in [2.05, 4.69) is 4.98 Å². The maximum absolute atomic E-state index is 12.9. The number of pyridine rings is 1. The van der Waals surface area contributed by atoms with Crippen molar-refractivity contribution in [3.63, 3.8) is 0 Å². The number of rotatable bonds is 5. The van der Waals surface area contributed by atoms with Crippen LogP contribution >= 0.6 is 0 Å². The van der Waals surface area contributed by atoms with Crippen LogP contribution in [0.1, 0.15) is 26.3 Å². The van der Waals surface area contributed by atoms with Crippen molar-refractivity contribution in [2.75, 3.05) is 7.05 Å². The highest BCUT2D eigenvalue weighted by atomic mass is 16.6. The number of hydrogen-bond donors (Lipinski definition) is 1. The number of carboxylic acid groups (broad SMARTS) is 1. The molecule has 1 amide bonds. The van der Waals surface area contributed by atoms with Gasteiger partial charge in [-0.15, -0.1) is 0 Å². The number of likely N-dealkylation sites (N-methyl/N-ethyl adjacent to an activating group) is 1. The minimum atomic E-state index is -1.18. The summed E-state index contributed by atoms with van der Waals surface area (Å²) in [7, 11) is 2.93. The molecule has 10 heteroatoms. The molecule has 2 heterocycles. The van der Waals surface area contributed by atoms with E-state index in [-0.39, 0.29) is 6.42 Å². The van der Waals surface area contributed by atoms with E-state index in [1.165, 1.54) is 24.0 Å². The summed E-state index contributed by atoms with van der Waals surface area (Å²) in [5, 5.41) is 9.99. The van der Waals surface area contributed by atoms with Crippen molar-refractivity contribution in [3.8, 4) is 5.69 Å². The van der Waals surface area contributed by atoms with Gasteiger partial charge in [-0.05, 0) is 44.5 Å². The lowest BCUT2D eigenvalue weighted by molar-refractivity contribution is -0.142. The Labute approximate surface area is 189 Å². The van der Waals surface area contributed by atoms with Gasteiger partial charge in [-0.2, -0.15) is 0 Å². The lowest BCUT2D eigenvalue weighted by Crippen LogP contribution is -2.46. The molecule has 174 valence electrons. The smallest absolute Gasteiger partial charge is 0.410 e. The zero-order chi connectivity index (χ0) is 24.5. The lowest BCUT2D eigenvalue weighted by atomic mass is 10.0. The number of carbonyl (C=O) groups is 2. The molecule has 1 aromatic carbocycles. The van der Waals surface area contributed by atoms with Crippen LogP contribution in [0.2, 0.25) is 0 Å². The molecule has 10 nitrogen and oxygen atoms in total. The summed E-state index contributed by atoms with van der Waals surface area (Å²) in [6.07, 6.45) is 2.21. The Hall–Kier alpha value is -3.95. The molecule has 0 radical (unpaired) electrons. The Balaban J connectivity index is 1.92. The number of hydrogen-bond acceptors (Lipinski definition) is 6. The molecule has 0 aliphatic heterocycles. The molecule has 3 aromatic rings. The summed E-state index contributed by atoms with van der Waals surface area (Å²) in [6, 6.07) is 6.77. The Morgan fingerprint density at radius 1 is 1.15 bits per heavy atom. The molecule has 0 aliphatic rings. The van der Waals surface area contributed by atoms with Crippen LogP contribution in [-0.4, -0.2) is 54.9 Å². The Morgan fingerprint density at radius 3 is 2.36 bits per heavy atom. The molecule has 3 rings (SSSR count). The van der Waals surface area contributed by atoms with Crippen molar-refractivity contribution in [3.05, 3.63) is 69.1 Å². The third kappa shape index (κ3) is 4.94. The van der Waals surface area contributed by atoms with Crippen molar-refractivity contribution in [2.45, 2.75) is 38.8 Å². The normalized spacial score (nSPS) is 12.4. The fraction of sp³-hybridized carbons (Fsp3) is 0.348. The van der Waals surface area contributed by atoms with Crippen molar-refractivity contribution in [1.29, 1.82) is 0 Å². The number of carboxylic acids is 1. The van der Waals surface area contributed by atoms with E-state index in [9.17, 15) is 24.3 Å². The zero-order valence-corrected chi connectivity index (χ0v) is 19.1. The van der Waals surface area contributed by atoms with Crippen molar-refractivity contribution >= 4 is 23.0 Å². The Kier molecular flexibility index (Phi) is 6.39. The van der Waals surface area contributed by atoms with Crippen LogP contribution in [0.5, 0.6) is 0 Å². The summed E-state index contributed by atoms with van der Waals surface area (Å²) in [5.41, 5.74) is -0.384. The van der Waals surface area contributed by atoms with Gasteiger partial charge >= 0.3 is 17.8 Å². The molecule has 1 unspecified atom stereocenters. The first kappa shape index (κ1) is 23.7. The Bertz CT molecular complexity index is 1320. The molecule has 0 saturated carbocycles. The second-order valence-electron chi connectivity index (χ2n) is 8.69. The molecule has 0 fully saturated rings. The van der Waals surface area contributed by atoms with Gasteiger partial charge in [-0.1, -0.05) is 12.1 Å². The number of fused-ring (bicyclic) bond motifs is 1. The average molecular weight is 454 g/mol. The summed E-state index contributed by atoms with van der Waals surface area (Å²) < 4.78 is 7.65. The van der Waals surface area contributed by atoms with Gasteiger partial charge in [0.05, 0.1) is 22.8 Å². The minimum Gasteiger partial charge on any atom is -0.480 e. The molecule has 33 heavy (non-hydrogen) atoms. The first-order chi connectivity index (χ1) is 15.4. The summed E-state index contributed by atoms with van der Waals surface area (Å²) >= 11 is 0. The number of amides is 1. The van der Waals surface area contributed by atoms with Gasteiger partial charge in [0.1, 0.15) is 11.6 Å². The number of carbonyl (C=O) groups excluding carboxylic acids is 1. The van der Waals surface area contributed by atoms with Crippen LogP contribution in [0.25, 0.3) is 16.6 Å². The van der Waals surface area contributed by atoms with Gasteiger partial charge in [0.25, 0.3) is 5.56 Å². The van der Waals surface area contributed by atoms with Gasteiger partial charge < -0.3 is 9.84 Å². The van der Waals surface area contributed by atoms with E-state index in [1.807, 2.05) is 0 Å². The van der Waals surface area contributed by atoms with Crippen LogP contribution < -0.4 is 11.2 Å². The molecule has 1 atom stereocenters. The number of aliphatic carboxylic acids is 1. The van der Waals surface area contributed by atoms with Gasteiger partial charge in [0.2, 0.25) is 0 Å². The fourth-order valence-electron chi connectivity index (χ4n) is 3.38. The molecular formula is C23H26N4O6. The first-order valence-electron chi connectivity index (χ1n) is 10.2. The maximum atomic E-state index is 12.9. The van der Waals surface area contributed by atoms with E-state index < -0.39 is 35.0 Å². The minimum absolute atomic E-state index is 0.0155. The van der Waals surface area contributed by atoms with Crippen LogP contribution in [0, 0.1) is 0 Å². The van der Waals surface area contributed by atoms with Gasteiger partial charge in [0, 0.05) is 26.7 Å². The number of aromatic nitrogens is 3. The second-order valence-corrected chi connectivity index (χ2v) is 8.69. The summed E-state index contributed by atoms with van der Waals surface area (Å²) in [6.45, 7) is 5.09. The second kappa shape index (κ2) is 8.89. The first-order valence-corrected chi connectivity index (χ1v) is 10.2. The van der Waals surface area contributed by atoms with Crippen LogP contribution in [0.3, 0.4) is 0 Å². The van der Waals surface area contributed by atoms with Crippen molar-refractivity contribution in [1.82, 2.24) is 19.0 Å². The van der Waals surface area contributed by atoms with Crippen LogP contribution in [-0.2, 0) is 23.0 Å². The van der Waals surface area contributed by atoms with E-state index in [0.29, 0.717) is 22.2 Å². The number of aryl methyl sites for hydroxylation is 1. The van der Waals surface area contributed by atoms with Gasteiger partial charge in [0.15, 0.2) is 0 Å². The van der Waals surface area contributed by atoms with E-state index in [4.69, 9.17) is 4.74 Å². The maximum Gasteiger partial charge on any atom is 0.410 e. The standard InChI is InChI=1S/C23H26N4O6/c1-23(2,3)33-22(32)26(5)17(20(29)30)12-14-6-8-15(9-7-14)27-19(28)16-10-11-24-13-18(16)25(4)21(27)31/h6-11,13,17H,12H2,1-5H3,(H,29,30). The Morgan fingerprint density at radius 2 is 1.79 bits per heavy atom. The van der Waals surface area contributed by atoms with E-state index >= 15 is 0 Å². The summed E-state index contributed by atoms with van der Waals surface area (Å²) in [5.74, 6) is -1.18. The SMILES string of the molecule is CN(C(=O)OC(C)(C)C)C(Cc1ccc(-n2c(=O)c3ccncc3n(C)c2=O)cc1)C(=O)O. The number of benzene rings is 1. The fourth-order valence-corrected chi connectivity index (χ4v) is 3.38. The van der Waals surface area contributed by atoms with E-state index in [1.54, 1.807) is 58.2 Å². The number of ether oxygens (including phenoxy) is 1. The molecule has 0 aliphatic carbocycles. The highest BCUT2D eigenvalue weighted by Gasteiger charge is 2.30. The van der Waals surface area contributed by atoms with Gasteiger partial charge in [-0.25, -0.2) is 19.0 Å². The van der Waals surface area contributed by atoms with Crippen LogP contribution in [0.15, 0.2) is 52.3 Å². The lowest BCUT2D eigenvalue weighted by Gasteiger charge is -2.28. The average Bonchev–Trinajstić information content (AvgIpc) is 2.75. The van der Waals surface area contributed by atoms with Crippen LogP contribution in [0.4, 0.5) is 4.79 Å². The predicted octanol–water partition coefficient (Wildman–Crippen LogP) is 1.95. The highest BCUT2D eigenvalue weighted by Crippen LogP contribution is 2.16. The topological polar surface area (TPSA) is 124 Å². The van der Waals surface area contributed by atoms with Crippen molar-refractivity contribution < 1.29 is 19.4 Å². The quantitative estimate of drug-likeness (QED) is 0.625. The molecule has 2 aromatic heterocycles. The largest absolute Gasteiger partial charge is 0.480 e. The van der Waals surface area contributed by atoms with Gasteiger partial charge in [-0.3, -0.25) is 19.2 Å². The molecular weight excluding hydrogens is 428 g/mol. The summed E-state index contributed by atoms with van der Waals surface area (Å²) in [4.78, 5) is 54.8. The monoisotopic (exact) mass is 454 g/mol. The molecule has 1 N–H and O–H groups in total. The molecule has 0 saturated heterocycles. The van der Waals surface area contributed by atoms with E-state index in [0.717, 1.165) is 9.47 Å².